The van der Waals surface area contributed by atoms with Gasteiger partial charge in [-0.1, -0.05) is 52.0 Å². The topological polar surface area (TPSA) is 0 Å². The van der Waals surface area contributed by atoms with E-state index in [0.29, 0.717) is 0 Å². The largest absolute Gasteiger partial charge is 0.103 e. The lowest BCUT2D eigenvalue weighted by Gasteiger charge is -2.02. The molecule has 0 aromatic carbocycles. The van der Waals surface area contributed by atoms with Gasteiger partial charge >= 0.3 is 0 Å². The highest BCUT2D eigenvalue weighted by Crippen LogP contribution is 2.13. The van der Waals surface area contributed by atoms with E-state index in [0.717, 1.165) is 12.8 Å². The first kappa shape index (κ1) is 18.9. The lowest BCUT2D eigenvalue weighted by molar-refractivity contribution is 0.985. The molecule has 0 atom stereocenters. The Morgan fingerprint density at radius 2 is 1.57 bits per heavy atom. The number of hydrogen-bond donors (Lipinski definition) is 0. The van der Waals surface area contributed by atoms with Crippen molar-refractivity contribution in [2.75, 3.05) is 0 Å². The van der Waals surface area contributed by atoms with E-state index in [1.807, 2.05) is 47.6 Å². The predicted molar refractivity (Wildman–Crippen MR) is 70.7 cm³/mol. The molecule has 0 N–H and O–H groups in total. The van der Waals surface area contributed by atoms with Gasteiger partial charge in [0, 0.05) is 0 Å². The fourth-order valence-electron chi connectivity index (χ4n) is 0.862. The van der Waals surface area contributed by atoms with Crippen molar-refractivity contribution < 1.29 is 0 Å². The van der Waals surface area contributed by atoms with Crippen LogP contribution in [-0.4, -0.2) is 0 Å². The van der Waals surface area contributed by atoms with Gasteiger partial charge in [0.05, 0.1) is 0 Å². The second kappa shape index (κ2) is 18.1. The second-order valence-electron chi connectivity index (χ2n) is 2.42. The third-order valence-electron chi connectivity index (χ3n) is 1.51. The molecule has 0 fully saturated rings. The van der Waals surface area contributed by atoms with Gasteiger partial charge in [-0.05, 0) is 32.3 Å². The van der Waals surface area contributed by atoms with Crippen LogP contribution in [0.1, 0.15) is 54.4 Å². The minimum absolute atomic E-state index is 1.05. The van der Waals surface area contributed by atoms with Crippen LogP contribution in [0.3, 0.4) is 0 Å². The highest BCUT2D eigenvalue weighted by Gasteiger charge is 1.93. The van der Waals surface area contributed by atoms with Gasteiger partial charge in [-0.15, -0.1) is 6.58 Å². The zero-order chi connectivity index (χ0) is 12.0. The van der Waals surface area contributed by atoms with E-state index in [4.69, 9.17) is 0 Å². The van der Waals surface area contributed by atoms with Crippen LogP contribution < -0.4 is 0 Å². The summed E-state index contributed by atoms with van der Waals surface area (Å²) >= 11 is 0. The summed E-state index contributed by atoms with van der Waals surface area (Å²) in [6, 6.07) is 0. The molecule has 0 aromatic rings. The first-order valence-electron chi connectivity index (χ1n) is 5.64. The summed E-state index contributed by atoms with van der Waals surface area (Å²) in [4.78, 5) is 0. The zero-order valence-corrected chi connectivity index (χ0v) is 11.0. The van der Waals surface area contributed by atoms with Crippen molar-refractivity contribution >= 4 is 0 Å². The molecule has 0 aliphatic carbocycles. The molecule has 0 nitrogen and oxygen atoms in total. The van der Waals surface area contributed by atoms with E-state index in [1.165, 1.54) is 11.1 Å². The maximum Gasteiger partial charge on any atom is -0.0245 e. The Kier molecular flexibility index (Phi) is 24.4. The van der Waals surface area contributed by atoms with Crippen molar-refractivity contribution in [1.82, 2.24) is 0 Å². The summed E-state index contributed by atoms with van der Waals surface area (Å²) in [5.74, 6) is 0. The average molecular weight is 196 g/mol. The first-order chi connectivity index (χ1) is 6.72. The van der Waals surface area contributed by atoms with Crippen molar-refractivity contribution in [2.24, 2.45) is 0 Å². The van der Waals surface area contributed by atoms with Crippen LogP contribution in [0.25, 0.3) is 0 Å². The molecule has 0 radical (unpaired) electrons. The SMILES string of the molecule is C=CCC/C(=C/C)C(=C)C.CC.CC. The molecule has 84 valence electrons. The van der Waals surface area contributed by atoms with Crippen LogP contribution in [0.2, 0.25) is 0 Å². The van der Waals surface area contributed by atoms with Crippen molar-refractivity contribution in [2.45, 2.75) is 54.4 Å². The minimum Gasteiger partial charge on any atom is -0.103 e. The van der Waals surface area contributed by atoms with Crippen LogP contribution in [0.5, 0.6) is 0 Å². The van der Waals surface area contributed by atoms with Gasteiger partial charge in [0.2, 0.25) is 0 Å². The minimum atomic E-state index is 1.05. The monoisotopic (exact) mass is 196 g/mol. The van der Waals surface area contributed by atoms with Gasteiger partial charge in [-0.25, -0.2) is 0 Å². The molecule has 0 aliphatic rings. The highest BCUT2D eigenvalue weighted by molar-refractivity contribution is 5.25. The van der Waals surface area contributed by atoms with E-state index < -0.39 is 0 Å². The molecule has 14 heavy (non-hydrogen) atoms. The van der Waals surface area contributed by atoms with Crippen molar-refractivity contribution in [3.8, 4) is 0 Å². The molecule has 0 heteroatoms. The molecule has 0 saturated heterocycles. The third-order valence-corrected chi connectivity index (χ3v) is 1.51. The lowest BCUT2D eigenvalue weighted by atomic mass is 10.0. The molecule has 0 bridgehead atoms. The van der Waals surface area contributed by atoms with Gasteiger partial charge < -0.3 is 0 Å². The summed E-state index contributed by atoms with van der Waals surface area (Å²) in [5, 5.41) is 0. The third kappa shape index (κ3) is 13.8. The number of hydrogen-bond acceptors (Lipinski definition) is 0. The lowest BCUT2D eigenvalue weighted by Crippen LogP contribution is -1.82. The Morgan fingerprint density at radius 3 is 1.79 bits per heavy atom. The maximum atomic E-state index is 3.88. The Labute approximate surface area is 91.4 Å². The van der Waals surface area contributed by atoms with Crippen molar-refractivity contribution in [1.29, 1.82) is 0 Å². The fraction of sp³-hybridized carbons (Fsp3) is 0.571. The second-order valence-corrected chi connectivity index (χ2v) is 2.42. The molecule has 0 aromatic heterocycles. The molecule has 0 amide bonds. The van der Waals surface area contributed by atoms with Crippen LogP contribution in [0.4, 0.5) is 0 Å². The van der Waals surface area contributed by atoms with Crippen LogP contribution in [0.15, 0.2) is 36.5 Å². The molecule has 0 aliphatic heterocycles. The first-order valence-corrected chi connectivity index (χ1v) is 5.64. The summed E-state index contributed by atoms with van der Waals surface area (Å²) in [6.07, 6.45) is 6.18. The van der Waals surface area contributed by atoms with Crippen molar-refractivity contribution in [3.63, 3.8) is 0 Å². The van der Waals surface area contributed by atoms with E-state index in [-0.39, 0.29) is 0 Å². The summed E-state index contributed by atoms with van der Waals surface area (Å²) < 4.78 is 0. The molecule has 0 heterocycles. The Morgan fingerprint density at radius 1 is 1.14 bits per heavy atom. The van der Waals surface area contributed by atoms with Gasteiger partial charge in [-0.2, -0.15) is 0 Å². The normalized spacial score (nSPS) is 8.86. The number of allylic oxidation sites excluding steroid dienone is 4. The van der Waals surface area contributed by atoms with E-state index in [9.17, 15) is 0 Å². The van der Waals surface area contributed by atoms with E-state index >= 15 is 0 Å². The predicted octanol–water partition coefficient (Wildman–Crippen LogP) is 5.53. The van der Waals surface area contributed by atoms with Crippen LogP contribution in [-0.2, 0) is 0 Å². The van der Waals surface area contributed by atoms with Gasteiger partial charge in [-0.3, -0.25) is 0 Å². The molecular formula is C14H28. The molecule has 0 saturated carbocycles. The summed E-state index contributed by atoms with van der Waals surface area (Å²) in [7, 11) is 0. The van der Waals surface area contributed by atoms with Gasteiger partial charge in [0.15, 0.2) is 0 Å². The molecular weight excluding hydrogens is 168 g/mol. The van der Waals surface area contributed by atoms with Crippen LogP contribution in [0, 0.1) is 0 Å². The average Bonchev–Trinajstić information content (AvgIpc) is 2.24. The molecule has 0 rings (SSSR count). The Hall–Kier alpha value is -0.780. The standard InChI is InChI=1S/C10H16.2C2H6/c1-5-7-8-10(6-2)9(3)4;2*1-2/h5-6H,1,3,7-8H2,2,4H3;2*1-2H3/b10-6-;;. The smallest absolute Gasteiger partial charge is 0.0245 e. The quantitative estimate of drug-likeness (QED) is 0.410. The molecule has 0 spiro atoms. The zero-order valence-electron chi connectivity index (χ0n) is 11.0. The number of rotatable bonds is 4. The highest BCUT2D eigenvalue weighted by atomic mass is 14.0. The summed E-state index contributed by atoms with van der Waals surface area (Å²) in [5.41, 5.74) is 2.52. The van der Waals surface area contributed by atoms with E-state index in [1.54, 1.807) is 0 Å². The van der Waals surface area contributed by atoms with Gasteiger partial charge in [0.25, 0.3) is 0 Å². The van der Waals surface area contributed by atoms with Crippen LogP contribution >= 0.6 is 0 Å². The van der Waals surface area contributed by atoms with Gasteiger partial charge in [0.1, 0.15) is 0 Å². The Bertz CT molecular complexity index is 149. The summed E-state index contributed by atoms with van der Waals surface area (Å²) in [6.45, 7) is 19.6. The fourth-order valence-corrected chi connectivity index (χ4v) is 0.862. The van der Waals surface area contributed by atoms with E-state index in [2.05, 4.69) is 19.2 Å². The molecule has 0 unspecified atom stereocenters. The van der Waals surface area contributed by atoms with Crippen molar-refractivity contribution in [3.05, 3.63) is 36.5 Å². The Balaban J connectivity index is -0.000000266. The maximum absolute atomic E-state index is 3.88.